The topological polar surface area (TPSA) is 76.0 Å². The molecular formula is C11H14N4O. The van der Waals surface area contributed by atoms with Crippen molar-refractivity contribution in [3.63, 3.8) is 0 Å². The van der Waals surface area contributed by atoms with Gasteiger partial charge in [-0.15, -0.1) is 0 Å². The number of methoxy groups -OCH3 is 1. The molecule has 0 radical (unpaired) electrons. The van der Waals surface area contributed by atoms with Gasteiger partial charge in [0.1, 0.15) is 11.6 Å². The highest BCUT2D eigenvalue weighted by atomic mass is 16.5. The molecule has 0 aliphatic heterocycles. The molecule has 0 saturated carbocycles. The Bertz CT molecular complexity index is 453. The lowest BCUT2D eigenvalue weighted by molar-refractivity contribution is 0.415. The lowest BCUT2D eigenvalue weighted by Gasteiger charge is -2.08. The van der Waals surface area contributed by atoms with Gasteiger partial charge >= 0.3 is 0 Å². The number of hydrogen-bond acceptors (Lipinski definition) is 4. The van der Waals surface area contributed by atoms with Crippen LogP contribution < -0.4 is 15.8 Å². The number of H-pyrrole nitrogens is 1. The van der Waals surface area contributed by atoms with Crippen LogP contribution in [0, 0.1) is 0 Å². The Labute approximate surface area is 93.7 Å². The Hall–Kier alpha value is -2.17. The van der Waals surface area contributed by atoms with E-state index in [-0.39, 0.29) is 0 Å². The van der Waals surface area contributed by atoms with Gasteiger partial charge in [-0.2, -0.15) is 0 Å². The molecule has 1 aromatic carbocycles. The number of nitrogens with zero attached hydrogens (tertiary/aromatic N) is 1. The van der Waals surface area contributed by atoms with Gasteiger partial charge in [-0.3, -0.25) is 0 Å². The Morgan fingerprint density at radius 3 is 3.00 bits per heavy atom. The highest BCUT2D eigenvalue weighted by Crippen LogP contribution is 2.22. The summed E-state index contributed by atoms with van der Waals surface area (Å²) < 4.78 is 5.13. The molecule has 1 heterocycles. The van der Waals surface area contributed by atoms with E-state index in [9.17, 15) is 0 Å². The number of rotatable bonds is 4. The number of hydrogen-bond donors (Lipinski definition) is 3. The maximum Gasteiger partial charge on any atom is 0.125 e. The Kier molecular flexibility index (Phi) is 2.95. The van der Waals surface area contributed by atoms with Crippen LogP contribution in [0.25, 0.3) is 0 Å². The molecule has 0 spiro atoms. The van der Waals surface area contributed by atoms with Crippen molar-refractivity contribution in [2.75, 3.05) is 18.2 Å². The van der Waals surface area contributed by atoms with Gasteiger partial charge in [0.15, 0.2) is 0 Å². The number of imidazole rings is 1. The minimum absolute atomic E-state index is 0.625. The van der Waals surface area contributed by atoms with Crippen molar-refractivity contribution in [3.8, 4) is 5.75 Å². The molecule has 2 aromatic rings. The summed E-state index contributed by atoms with van der Waals surface area (Å²) in [4.78, 5) is 7.13. The predicted molar refractivity (Wildman–Crippen MR) is 63.3 cm³/mol. The fourth-order valence-electron chi connectivity index (χ4n) is 1.42. The van der Waals surface area contributed by atoms with E-state index in [0.29, 0.717) is 12.2 Å². The predicted octanol–water partition coefficient (Wildman–Crippen LogP) is 1.61. The maximum absolute atomic E-state index is 5.74. The molecule has 0 amide bonds. The van der Waals surface area contributed by atoms with Gasteiger partial charge in [0, 0.05) is 35.9 Å². The SMILES string of the molecule is COc1cc(N)cc(NCc2ncc[nH]2)c1. The third kappa shape index (κ3) is 2.44. The Morgan fingerprint density at radius 1 is 1.44 bits per heavy atom. The van der Waals surface area contributed by atoms with Crippen molar-refractivity contribution in [1.82, 2.24) is 9.97 Å². The van der Waals surface area contributed by atoms with Crippen LogP contribution in [-0.4, -0.2) is 17.1 Å². The van der Waals surface area contributed by atoms with Crippen LogP contribution in [-0.2, 0) is 6.54 Å². The van der Waals surface area contributed by atoms with Crippen LogP contribution >= 0.6 is 0 Å². The summed E-state index contributed by atoms with van der Waals surface area (Å²) >= 11 is 0. The van der Waals surface area contributed by atoms with Crippen molar-refractivity contribution in [1.29, 1.82) is 0 Å². The number of aromatic nitrogens is 2. The first-order valence-corrected chi connectivity index (χ1v) is 4.94. The average molecular weight is 218 g/mol. The van der Waals surface area contributed by atoms with Crippen LogP contribution in [0.1, 0.15) is 5.82 Å². The van der Waals surface area contributed by atoms with E-state index in [2.05, 4.69) is 15.3 Å². The van der Waals surface area contributed by atoms with Gasteiger partial charge in [-0.1, -0.05) is 0 Å². The third-order valence-corrected chi connectivity index (χ3v) is 2.18. The molecule has 2 rings (SSSR count). The summed E-state index contributed by atoms with van der Waals surface area (Å²) in [6.07, 6.45) is 3.51. The first-order chi connectivity index (χ1) is 7.78. The number of benzene rings is 1. The fraction of sp³-hybridized carbons (Fsp3) is 0.182. The molecule has 5 heteroatoms. The minimum Gasteiger partial charge on any atom is -0.497 e. The van der Waals surface area contributed by atoms with Crippen LogP contribution in [0.2, 0.25) is 0 Å². The molecule has 0 aliphatic carbocycles. The number of nitrogens with two attached hydrogens (primary N) is 1. The van der Waals surface area contributed by atoms with Crippen LogP contribution in [0.3, 0.4) is 0 Å². The Morgan fingerprint density at radius 2 is 2.31 bits per heavy atom. The summed E-state index contributed by atoms with van der Waals surface area (Å²) in [5.41, 5.74) is 7.32. The fourth-order valence-corrected chi connectivity index (χ4v) is 1.42. The van der Waals surface area contributed by atoms with Gasteiger partial charge < -0.3 is 20.8 Å². The van der Waals surface area contributed by atoms with Crippen molar-refractivity contribution in [2.24, 2.45) is 0 Å². The van der Waals surface area contributed by atoms with E-state index >= 15 is 0 Å². The number of nitrogens with one attached hydrogen (secondary N) is 2. The molecule has 0 aliphatic rings. The highest BCUT2D eigenvalue weighted by Gasteiger charge is 2.00. The van der Waals surface area contributed by atoms with E-state index in [0.717, 1.165) is 17.3 Å². The highest BCUT2D eigenvalue weighted by molar-refractivity contribution is 5.59. The van der Waals surface area contributed by atoms with Crippen LogP contribution in [0.5, 0.6) is 5.75 Å². The van der Waals surface area contributed by atoms with E-state index in [4.69, 9.17) is 10.5 Å². The van der Waals surface area contributed by atoms with Crippen molar-refractivity contribution < 1.29 is 4.74 Å². The normalized spacial score (nSPS) is 10.1. The molecule has 0 unspecified atom stereocenters. The van der Waals surface area contributed by atoms with Gasteiger partial charge in [0.25, 0.3) is 0 Å². The van der Waals surface area contributed by atoms with Gasteiger partial charge in [-0.05, 0) is 6.07 Å². The summed E-state index contributed by atoms with van der Waals surface area (Å²) in [6, 6.07) is 5.52. The number of ether oxygens (including phenoxy) is 1. The molecule has 84 valence electrons. The average Bonchev–Trinajstić information content (AvgIpc) is 2.78. The zero-order valence-corrected chi connectivity index (χ0v) is 9.03. The smallest absolute Gasteiger partial charge is 0.125 e. The lowest BCUT2D eigenvalue weighted by atomic mass is 10.2. The van der Waals surface area contributed by atoms with Crippen LogP contribution in [0.15, 0.2) is 30.6 Å². The van der Waals surface area contributed by atoms with E-state index in [1.165, 1.54) is 0 Å². The van der Waals surface area contributed by atoms with Crippen molar-refractivity contribution in [3.05, 3.63) is 36.4 Å². The maximum atomic E-state index is 5.74. The zero-order valence-electron chi connectivity index (χ0n) is 9.03. The van der Waals surface area contributed by atoms with E-state index in [1.54, 1.807) is 25.6 Å². The van der Waals surface area contributed by atoms with Crippen molar-refractivity contribution in [2.45, 2.75) is 6.54 Å². The third-order valence-electron chi connectivity index (χ3n) is 2.18. The first kappa shape index (κ1) is 10.4. The second-order valence-electron chi connectivity index (χ2n) is 3.38. The molecular weight excluding hydrogens is 204 g/mol. The monoisotopic (exact) mass is 218 g/mol. The second kappa shape index (κ2) is 4.57. The molecule has 0 saturated heterocycles. The lowest BCUT2D eigenvalue weighted by Crippen LogP contribution is -2.02. The second-order valence-corrected chi connectivity index (χ2v) is 3.38. The molecule has 4 N–H and O–H groups in total. The quantitative estimate of drug-likeness (QED) is 0.681. The molecule has 1 aromatic heterocycles. The zero-order chi connectivity index (χ0) is 11.4. The number of nitrogen functional groups attached to an aromatic ring is 1. The molecule has 16 heavy (non-hydrogen) atoms. The molecule has 5 nitrogen and oxygen atoms in total. The molecule has 0 atom stereocenters. The van der Waals surface area contributed by atoms with Crippen molar-refractivity contribution >= 4 is 11.4 Å². The minimum atomic E-state index is 0.625. The van der Waals surface area contributed by atoms with E-state index in [1.807, 2.05) is 12.1 Å². The Balaban J connectivity index is 2.06. The van der Waals surface area contributed by atoms with Gasteiger partial charge in [0.2, 0.25) is 0 Å². The summed E-state index contributed by atoms with van der Waals surface area (Å²) in [5, 5.41) is 3.21. The first-order valence-electron chi connectivity index (χ1n) is 4.94. The number of aromatic amines is 1. The largest absolute Gasteiger partial charge is 0.497 e. The number of anilines is 2. The van der Waals surface area contributed by atoms with Gasteiger partial charge in [-0.25, -0.2) is 4.98 Å². The summed E-state index contributed by atoms with van der Waals surface area (Å²) in [7, 11) is 1.62. The standard InChI is InChI=1S/C11H14N4O/c1-16-10-5-8(12)4-9(6-10)15-7-11-13-2-3-14-11/h2-6,15H,7,12H2,1H3,(H,13,14). The molecule has 0 bridgehead atoms. The molecule has 0 fully saturated rings. The summed E-state index contributed by atoms with van der Waals surface area (Å²) in [6.45, 7) is 0.625. The van der Waals surface area contributed by atoms with E-state index < -0.39 is 0 Å². The van der Waals surface area contributed by atoms with Gasteiger partial charge in [0.05, 0.1) is 13.7 Å². The van der Waals surface area contributed by atoms with Crippen LogP contribution in [0.4, 0.5) is 11.4 Å². The summed E-state index contributed by atoms with van der Waals surface area (Å²) in [5.74, 6) is 1.61.